The fourth-order valence-corrected chi connectivity index (χ4v) is 2.71. The molecule has 0 aliphatic carbocycles. The van der Waals surface area contributed by atoms with Crippen molar-refractivity contribution in [2.45, 2.75) is 6.92 Å². The Morgan fingerprint density at radius 1 is 0.677 bits per heavy atom. The summed E-state index contributed by atoms with van der Waals surface area (Å²) >= 11 is 0. The van der Waals surface area contributed by atoms with Gasteiger partial charge in [-0.25, -0.2) is 18.4 Å². The van der Waals surface area contributed by atoms with Crippen LogP contribution >= 0.6 is 0 Å². The van der Waals surface area contributed by atoms with Crippen LogP contribution in [-0.2, 0) is 0 Å². The van der Waals surface area contributed by atoms with E-state index in [0.29, 0.717) is 5.56 Å². The van der Waals surface area contributed by atoms with Crippen LogP contribution < -0.4 is 18.9 Å². The quantitative estimate of drug-likeness (QED) is 0.418. The molecule has 0 aromatic heterocycles. The second-order valence-corrected chi connectivity index (χ2v) is 6.40. The highest BCUT2D eigenvalue weighted by atomic mass is 19.1. The first kappa shape index (κ1) is 21.8. The molecule has 8 heteroatoms. The van der Waals surface area contributed by atoms with E-state index in [2.05, 4.69) is 0 Å². The Morgan fingerprint density at radius 3 is 1.61 bits per heavy atom. The zero-order chi connectivity index (χ0) is 22.5. The average molecular weight is 428 g/mol. The van der Waals surface area contributed by atoms with Crippen molar-refractivity contribution < 1.29 is 37.3 Å². The smallest absolute Gasteiger partial charge is 0.343 e. The van der Waals surface area contributed by atoms with Crippen molar-refractivity contribution in [1.29, 1.82) is 0 Å². The largest absolute Gasteiger partial charge is 0.494 e. The number of halogens is 2. The highest BCUT2D eigenvalue weighted by Gasteiger charge is 2.16. The minimum absolute atomic E-state index is 0.00740. The molecular weight excluding hydrogens is 410 g/mol. The Bertz CT molecular complexity index is 1140. The van der Waals surface area contributed by atoms with Crippen molar-refractivity contribution in [3.8, 4) is 23.0 Å². The maximum Gasteiger partial charge on any atom is 0.343 e. The van der Waals surface area contributed by atoms with E-state index in [1.54, 1.807) is 6.92 Å². The van der Waals surface area contributed by atoms with E-state index in [1.807, 2.05) is 0 Å². The van der Waals surface area contributed by atoms with Gasteiger partial charge in [0.25, 0.3) is 0 Å². The van der Waals surface area contributed by atoms with Crippen LogP contribution in [0.1, 0.15) is 26.3 Å². The number of hydrogen-bond donors (Lipinski definition) is 0. The molecule has 3 aromatic carbocycles. The fourth-order valence-electron chi connectivity index (χ4n) is 2.71. The molecular formula is C23H18F2O6. The van der Waals surface area contributed by atoms with Gasteiger partial charge in [0, 0.05) is 0 Å². The molecule has 0 heterocycles. The lowest BCUT2D eigenvalue weighted by Crippen LogP contribution is -2.11. The standard InChI is InChI=1S/C23H18F2O6/c1-13-10-16(30-22(26)14-4-7-20(28-2)17(24)11-14)6-9-19(13)31-23(27)15-5-8-21(29-3)18(25)12-15/h4-12H,1-3H3. The lowest BCUT2D eigenvalue weighted by atomic mass is 10.2. The van der Waals surface area contributed by atoms with Gasteiger partial charge in [0.05, 0.1) is 25.3 Å². The molecule has 0 atom stereocenters. The van der Waals surface area contributed by atoms with Crippen LogP contribution in [0.3, 0.4) is 0 Å². The molecule has 0 radical (unpaired) electrons. The van der Waals surface area contributed by atoms with E-state index in [4.69, 9.17) is 18.9 Å². The minimum atomic E-state index is -0.764. The number of aryl methyl sites for hydroxylation is 1. The molecule has 0 aliphatic heterocycles. The second kappa shape index (κ2) is 9.25. The van der Waals surface area contributed by atoms with Gasteiger partial charge in [-0.3, -0.25) is 0 Å². The predicted molar refractivity (Wildman–Crippen MR) is 107 cm³/mol. The highest BCUT2D eigenvalue weighted by Crippen LogP contribution is 2.26. The summed E-state index contributed by atoms with van der Waals surface area (Å²) < 4.78 is 47.8. The minimum Gasteiger partial charge on any atom is -0.494 e. The van der Waals surface area contributed by atoms with Crippen LogP contribution in [0.2, 0.25) is 0 Å². The monoisotopic (exact) mass is 428 g/mol. The molecule has 3 aromatic rings. The summed E-state index contributed by atoms with van der Waals surface area (Å²) in [5.41, 5.74) is 0.510. The molecule has 160 valence electrons. The molecule has 0 saturated carbocycles. The average Bonchev–Trinajstić information content (AvgIpc) is 2.75. The van der Waals surface area contributed by atoms with E-state index >= 15 is 0 Å². The summed E-state index contributed by atoms with van der Waals surface area (Å²) in [5.74, 6) is -2.50. The van der Waals surface area contributed by atoms with Crippen molar-refractivity contribution in [1.82, 2.24) is 0 Å². The van der Waals surface area contributed by atoms with Crippen molar-refractivity contribution >= 4 is 11.9 Å². The second-order valence-electron chi connectivity index (χ2n) is 6.40. The van der Waals surface area contributed by atoms with E-state index in [0.717, 1.165) is 12.1 Å². The molecule has 6 nitrogen and oxygen atoms in total. The van der Waals surface area contributed by atoms with Gasteiger partial charge in [-0.05, 0) is 67.1 Å². The van der Waals surface area contributed by atoms with Gasteiger partial charge in [0.15, 0.2) is 23.1 Å². The van der Waals surface area contributed by atoms with Gasteiger partial charge in [-0.1, -0.05) is 0 Å². The van der Waals surface area contributed by atoms with Gasteiger partial charge in [0.2, 0.25) is 0 Å². The zero-order valence-corrected chi connectivity index (χ0v) is 16.9. The van der Waals surface area contributed by atoms with Gasteiger partial charge in [-0.2, -0.15) is 0 Å². The first-order valence-electron chi connectivity index (χ1n) is 9.04. The maximum atomic E-state index is 13.8. The third-order valence-corrected chi connectivity index (χ3v) is 4.33. The summed E-state index contributed by atoms with van der Waals surface area (Å²) in [7, 11) is 2.64. The third-order valence-electron chi connectivity index (χ3n) is 4.33. The molecule has 0 spiro atoms. The summed E-state index contributed by atoms with van der Waals surface area (Å²) in [6, 6.07) is 11.8. The topological polar surface area (TPSA) is 71.1 Å². The third kappa shape index (κ3) is 4.98. The Hall–Kier alpha value is -3.94. The molecule has 0 unspecified atom stereocenters. The molecule has 0 amide bonds. The molecule has 0 saturated heterocycles. The maximum absolute atomic E-state index is 13.8. The molecule has 0 bridgehead atoms. The van der Waals surface area contributed by atoms with Gasteiger partial charge < -0.3 is 18.9 Å². The highest BCUT2D eigenvalue weighted by molar-refractivity contribution is 5.92. The molecule has 0 N–H and O–H groups in total. The van der Waals surface area contributed by atoms with Gasteiger partial charge >= 0.3 is 11.9 Å². The Balaban J connectivity index is 1.71. The number of rotatable bonds is 6. The SMILES string of the molecule is COc1ccc(C(=O)Oc2ccc(OC(=O)c3ccc(OC)c(F)c3)c(C)c2)cc1F. The molecule has 0 fully saturated rings. The van der Waals surface area contributed by atoms with Crippen LogP contribution in [0.5, 0.6) is 23.0 Å². The van der Waals surface area contributed by atoms with E-state index < -0.39 is 23.6 Å². The zero-order valence-electron chi connectivity index (χ0n) is 16.9. The van der Waals surface area contributed by atoms with E-state index in [-0.39, 0.29) is 34.1 Å². The summed E-state index contributed by atoms with van der Waals surface area (Å²) in [6.45, 7) is 1.64. The first-order valence-corrected chi connectivity index (χ1v) is 9.04. The molecule has 31 heavy (non-hydrogen) atoms. The number of methoxy groups -OCH3 is 2. The summed E-state index contributed by atoms with van der Waals surface area (Å²) in [6.07, 6.45) is 0. The number of carbonyl (C=O) groups excluding carboxylic acids is 2. The lowest BCUT2D eigenvalue weighted by Gasteiger charge is -2.11. The van der Waals surface area contributed by atoms with Crippen molar-refractivity contribution in [2.75, 3.05) is 14.2 Å². The number of hydrogen-bond acceptors (Lipinski definition) is 6. The van der Waals surface area contributed by atoms with Crippen LogP contribution in [0.15, 0.2) is 54.6 Å². The Labute approximate surface area is 176 Å². The molecule has 3 rings (SSSR count). The number of esters is 2. The lowest BCUT2D eigenvalue weighted by molar-refractivity contribution is 0.0718. The number of benzene rings is 3. The van der Waals surface area contributed by atoms with Crippen LogP contribution in [0.25, 0.3) is 0 Å². The van der Waals surface area contributed by atoms with Gasteiger partial charge in [0.1, 0.15) is 11.5 Å². The van der Waals surface area contributed by atoms with E-state index in [1.165, 1.54) is 56.7 Å². The predicted octanol–water partition coefficient (Wildman–Crippen LogP) is 4.73. The molecule has 0 aliphatic rings. The fraction of sp³-hybridized carbons (Fsp3) is 0.130. The number of ether oxygens (including phenoxy) is 4. The normalized spacial score (nSPS) is 10.4. The first-order chi connectivity index (χ1) is 14.8. The summed E-state index contributed by atoms with van der Waals surface area (Å²) in [5, 5.41) is 0. The Kier molecular flexibility index (Phi) is 6.49. The summed E-state index contributed by atoms with van der Waals surface area (Å²) in [4.78, 5) is 24.5. The Morgan fingerprint density at radius 2 is 1.16 bits per heavy atom. The van der Waals surface area contributed by atoms with Gasteiger partial charge in [-0.15, -0.1) is 0 Å². The van der Waals surface area contributed by atoms with Crippen LogP contribution in [0, 0.1) is 18.6 Å². The van der Waals surface area contributed by atoms with E-state index in [9.17, 15) is 18.4 Å². The number of carbonyl (C=O) groups is 2. The van der Waals surface area contributed by atoms with Crippen LogP contribution in [-0.4, -0.2) is 26.2 Å². The van der Waals surface area contributed by atoms with Crippen molar-refractivity contribution in [3.63, 3.8) is 0 Å². The van der Waals surface area contributed by atoms with Crippen molar-refractivity contribution in [3.05, 3.63) is 82.9 Å². The van der Waals surface area contributed by atoms with Crippen LogP contribution in [0.4, 0.5) is 8.78 Å². The van der Waals surface area contributed by atoms with Crippen molar-refractivity contribution in [2.24, 2.45) is 0 Å².